The molecule has 0 aliphatic rings. The van der Waals surface area contributed by atoms with Crippen LogP contribution in [0.15, 0.2) is 89.9 Å². The van der Waals surface area contributed by atoms with E-state index in [-0.39, 0.29) is 18.4 Å². The Morgan fingerprint density at radius 1 is 0.844 bits per heavy atom. The molecule has 2 aromatic carbocycles. The molecule has 2 amide bonds. The van der Waals surface area contributed by atoms with Crippen LogP contribution < -0.4 is 0 Å². The molecule has 0 unspecified atom stereocenters. The number of amides is 2. The van der Waals surface area contributed by atoms with E-state index in [2.05, 4.69) is 6.58 Å². The van der Waals surface area contributed by atoms with Gasteiger partial charge in [0.05, 0.1) is 6.54 Å². The number of benzene rings is 2. The zero-order valence-corrected chi connectivity index (χ0v) is 18.6. The third-order valence-electron chi connectivity index (χ3n) is 5.21. The number of hydrogen-bond donors (Lipinski definition) is 0. The van der Waals surface area contributed by atoms with E-state index in [9.17, 15) is 9.59 Å². The summed E-state index contributed by atoms with van der Waals surface area (Å²) < 4.78 is 5.70. The highest BCUT2D eigenvalue weighted by atomic mass is 16.3. The Kier molecular flexibility index (Phi) is 8.44. The molecule has 0 N–H and O–H groups in total. The molecule has 5 heteroatoms. The molecule has 3 aromatic rings. The Balaban J connectivity index is 1.69. The highest BCUT2D eigenvalue weighted by molar-refractivity contribution is 5.85. The van der Waals surface area contributed by atoms with Crippen LogP contribution >= 0.6 is 0 Å². The van der Waals surface area contributed by atoms with Crippen molar-refractivity contribution >= 4 is 11.8 Å². The van der Waals surface area contributed by atoms with Crippen molar-refractivity contribution in [1.29, 1.82) is 0 Å². The summed E-state index contributed by atoms with van der Waals surface area (Å²) in [6.07, 6.45) is 2.65. The van der Waals surface area contributed by atoms with Crippen molar-refractivity contribution in [2.24, 2.45) is 0 Å². The van der Waals surface area contributed by atoms with Gasteiger partial charge in [-0.05, 0) is 36.6 Å². The predicted molar refractivity (Wildman–Crippen MR) is 126 cm³/mol. The van der Waals surface area contributed by atoms with Gasteiger partial charge < -0.3 is 14.2 Å². The first kappa shape index (κ1) is 23.1. The fourth-order valence-corrected chi connectivity index (χ4v) is 3.52. The average molecular weight is 431 g/mol. The zero-order chi connectivity index (χ0) is 22.8. The maximum atomic E-state index is 13.3. The van der Waals surface area contributed by atoms with Gasteiger partial charge in [-0.15, -0.1) is 6.58 Å². The first-order valence-corrected chi connectivity index (χ1v) is 10.8. The summed E-state index contributed by atoms with van der Waals surface area (Å²) >= 11 is 0. The third kappa shape index (κ3) is 6.98. The van der Waals surface area contributed by atoms with E-state index in [1.165, 1.54) is 0 Å². The van der Waals surface area contributed by atoms with E-state index >= 15 is 0 Å². The first-order valence-electron chi connectivity index (χ1n) is 10.8. The minimum absolute atomic E-state index is 0.00612. The number of carbonyl (C=O) groups is 2. The Morgan fingerprint density at radius 2 is 1.50 bits per heavy atom. The van der Waals surface area contributed by atoms with Crippen LogP contribution in [0, 0.1) is 6.92 Å². The maximum absolute atomic E-state index is 13.3. The van der Waals surface area contributed by atoms with Crippen LogP contribution in [0.2, 0.25) is 0 Å². The molecule has 0 aliphatic heterocycles. The van der Waals surface area contributed by atoms with Gasteiger partial charge in [-0.1, -0.05) is 66.7 Å². The molecule has 0 saturated heterocycles. The quantitative estimate of drug-likeness (QED) is 0.412. The lowest BCUT2D eigenvalue weighted by atomic mass is 10.1. The van der Waals surface area contributed by atoms with Gasteiger partial charge in [0.2, 0.25) is 11.8 Å². The molecule has 0 spiro atoms. The predicted octanol–water partition coefficient (Wildman–Crippen LogP) is 4.76. The highest BCUT2D eigenvalue weighted by Crippen LogP contribution is 2.14. The third-order valence-corrected chi connectivity index (χ3v) is 5.21. The molecule has 1 heterocycles. The number of carbonyl (C=O) groups excluding carboxylic acids is 2. The topological polar surface area (TPSA) is 53.8 Å². The van der Waals surface area contributed by atoms with Gasteiger partial charge in [0.1, 0.15) is 18.1 Å². The van der Waals surface area contributed by atoms with Crippen molar-refractivity contribution in [1.82, 2.24) is 9.80 Å². The zero-order valence-electron chi connectivity index (χ0n) is 18.6. The largest absolute Gasteiger partial charge is 0.464 e. The summed E-state index contributed by atoms with van der Waals surface area (Å²) in [5.41, 5.74) is 2.12. The van der Waals surface area contributed by atoms with E-state index < -0.39 is 0 Å². The Bertz CT molecular complexity index is 1010. The number of hydrogen-bond acceptors (Lipinski definition) is 3. The lowest BCUT2D eigenvalue weighted by molar-refractivity contribution is -0.141. The molecule has 0 aliphatic carbocycles. The molecule has 0 bridgehead atoms. The highest BCUT2D eigenvalue weighted by Gasteiger charge is 2.22. The van der Waals surface area contributed by atoms with Crippen molar-refractivity contribution in [2.75, 3.05) is 13.1 Å². The van der Waals surface area contributed by atoms with Gasteiger partial charge in [0.15, 0.2) is 0 Å². The molecule has 1 aromatic heterocycles. The molecule has 32 heavy (non-hydrogen) atoms. The second kappa shape index (κ2) is 11.7. The average Bonchev–Trinajstić information content (AvgIpc) is 3.22. The van der Waals surface area contributed by atoms with Crippen molar-refractivity contribution in [3.63, 3.8) is 0 Å². The van der Waals surface area contributed by atoms with E-state index in [0.29, 0.717) is 32.5 Å². The van der Waals surface area contributed by atoms with Crippen LogP contribution in [0.25, 0.3) is 0 Å². The lowest BCUT2D eigenvalue weighted by Crippen LogP contribution is -2.42. The summed E-state index contributed by atoms with van der Waals surface area (Å²) in [7, 11) is 0. The van der Waals surface area contributed by atoms with Crippen molar-refractivity contribution in [3.05, 3.63) is 108 Å². The SMILES string of the molecule is C=CCN(CC(=O)N(Cc1ccccc1)Cc1ccc(C)o1)C(=O)CCc1ccccc1. The molecular weight excluding hydrogens is 400 g/mol. The molecular formula is C27H30N2O3. The van der Waals surface area contributed by atoms with E-state index in [1.54, 1.807) is 15.9 Å². The summed E-state index contributed by atoms with van der Waals surface area (Å²) in [4.78, 5) is 29.5. The van der Waals surface area contributed by atoms with E-state index in [1.807, 2.05) is 79.7 Å². The number of rotatable bonds is 11. The standard InChI is InChI=1S/C27H30N2O3/c1-3-18-28(26(30)17-15-23-10-6-4-7-11-23)21-27(31)29(19-24-12-8-5-9-13-24)20-25-16-14-22(2)32-25/h3-14,16H,1,15,17-21H2,2H3. The van der Waals surface area contributed by atoms with Gasteiger partial charge in [-0.3, -0.25) is 9.59 Å². The van der Waals surface area contributed by atoms with E-state index in [4.69, 9.17) is 4.42 Å². The second-order valence-electron chi connectivity index (χ2n) is 7.80. The van der Waals surface area contributed by atoms with Gasteiger partial charge in [-0.2, -0.15) is 0 Å². The Labute approximate surface area is 190 Å². The fraction of sp³-hybridized carbons (Fsp3) is 0.259. The van der Waals surface area contributed by atoms with Crippen molar-refractivity contribution in [2.45, 2.75) is 32.9 Å². The van der Waals surface area contributed by atoms with Gasteiger partial charge in [-0.25, -0.2) is 0 Å². The van der Waals surface area contributed by atoms with Gasteiger partial charge in [0, 0.05) is 19.5 Å². The van der Waals surface area contributed by atoms with Gasteiger partial charge in [0.25, 0.3) is 0 Å². The maximum Gasteiger partial charge on any atom is 0.242 e. The minimum atomic E-state index is -0.127. The first-order chi connectivity index (χ1) is 15.5. The molecule has 166 valence electrons. The summed E-state index contributed by atoms with van der Waals surface area (Å²) in [5.74, 6) is 1.34. The Hall–Kier alpha value is -3.60. The fourth-order valence-electron chi connectivity index (χ4n) is 3.52. The molecule has 0 saturated carbocycles. The molecule has 0 fully saturated rings. The van der Waals surface area contributed by atoms with Crippen LogP contribution in [-0.4, -0.2) is 34.7 Å². The number of aryl methyl sites for hydroxylation is 2. The molecule has 5 nitrogen and oxygen atoms in total. The van der Waals surface area contributed by atoms with Crippen LogP contribution in [0.1, 0.15) is 29.1 Å². The molecule has 0 atom stereocenters. The summed E-state index contributed by atoms with van der Waals surface area (Å²) in [5, 5.41) is 0. The van der Waals surface area contributed by atoms with Crippen molar-refractivity contribution < 1.29 is 14.0 Å². The van der Waals surface area contributed by atoms with Gasteiger partial charge >= 0.3 is 0 Å². The van der Waals surface area contributed by atoms with E-state index in [0.717, 1.165) is 22.6 Å². The summed E-state index contributed by atoms with van der Waals surface area (Å²) in [6, 6.07) is 23.5. The smallest absolute Gasteiger partial charge is 0.242 e. The van der Waals surface area contributed by atoms with Crippen LogP contribution in [0.3, 0.4) is 0 Å². The monoisotopic (exact) mass is 430 g/mol. The lowest BCUT2D eigenvalue weighted by Gasteiger charge is -2.27. The summed E-state index contributed by atoms with van der Waals surface area (Å²) in [6.45, 7) is 6.77. The molecule has 3 rings (SSSR count). The van der Waals surface area contributed by atoms with Crippen LogP contribution in [-0.2, 0) is 29.1 Å². The number of nitrogens with zero attached hydrogens (tertiary/aromatic N) is 2. The normalized spacial score (nSPS) is 10.5. The van der Waals surface area contributed by atoms with Crippen LogP contribution in [0.5, 0.6) is 0 Å². The number of furan rings is 1. The second-order valence-corrected chi connectivity index (χ2v) is 7.80. The van der Waals surface area contributed by atoms with Crippen LogP contribution in [0.4, 0.5) is 0 Å². The van der Waals surface area contributed by atoms with Crippen molar-refractivity contribution in [3.8, 4) is 0 Å². The Morgan fingerprint density at radius 3 is 2.09 bits per heavy atom. The molecule has 0 radical (unpaired) electrons. The minimum Gasteiger partial charge on any atom is -0.464 e.